The lowest BCUT2D eigenvalue weighted by Gasteiger charge is -2.21. The largest absolute Gasteiger partial charge is 0.355 e. The Labute approximate surface area is 172 Å². The molecule has 0 bridgehead atoms. The number of amides is 5. The van der Waals surface area contributed by atoms with E-state index in [2.05, 4.69) is 16.0 Å². The third kappa shape index (κ3) is 8.21. The van der Waals surface area contributed by atoms with E-state index in [-0.39, 0.29) is 60.8 Å². The Morgan fingerprint density at radius 3 is 2.31 bits per heavy atom. The zero-order valence-electron chi connectivity index (χ0n) is 17.9. The molecule has 0 aliphatic carbocycles. The van der Waals surface area contributed by atoms with Gasteiger partial charge in [0.05, 0.1) is 6.54 Å². The Morgan fingerprint density at radius 2 is 1.76 bits per heavy atom. The molecule has 1 saturated heterocycles. The summed E-state index contributed by atoms with van der Waals surface area (Å²) in [6, 6.07) is -0.710. The predicted octanol–water partition coefficient (Wildman–Crippen LogP) is 0.335. The summed E-state index contributed by atoms with van der Waals surface area (Å²) in [6.07, 6.45) is 2.49. The maximum atomic E-state index is 12.3. The summed E-state index contributed by atoms with van der Waals surface area (Å²) in [6.45, 7) is 7.93. The predicted molar refractivity (Wildman–Crippen MR) is 107 cm³/mol. The van der Waals surface area contributed by atoms with Crippen molar-refractivity contribution in [2.75, 3.05) is 19.6 Å². The van der Waals surface area contributed by atoms with Gasteiger partial charge in [0.15, 0.2) is 0 Å². The van der Waals surface area contributed by atoms with Crippen molar-refractivity contribution in [2.24, 2.45) is 11.8 Å². The van der Waals surface area contributed by atoms with Crippen LogP contribution in [0.4, 0.5) is 0 Å². The number of rotatable bonds is 12. The molecule has 0 aromatic rings. The lowest BCUT2D eigenvalue weighted by Crippen LogP contribution is -2.51. The third-order valence-corrected chi connectivity index (χ3v) is 4.82. The van der Waals surface area contributed by atoms with E-state index in [1.165, 1.54) is 4.90 Å². The zero-order chi connectivity index (χ0) is 22.0. The van der Waals surface area contributed by atoms with E-state index in [0.29, 0.717) is 32.4 Å². The molecule has 0 saturated carbocycles. The summed E-state index contributed by atoms with van der Waals surface area (Å²) in [5, 5.41) is 7.85. The Morgan fingerprint density at radius 1 is 1.07 bits per heavy atom. The minimum absolute atomic E-state index is 0.119. The van der Waals surface area contributed by atoms with Gasteiger partial charge in [-0.15, -0.1) is 0 Å². The highest BCUT2D eigenvalue weighted by Crippen LogP contribution is 2.19. The average Bonchev–Trinajstić information content (AvgIpc) is 2.89. The van der Waals surface area contributed by atoms with Gasteiger partial charge in [-0.25, -0.2) is 0 Å². The van der Waals surface area contributed by atoms with Crippen molar-refractivity contribution in [3.8, 4) is 0 Å². The van der Waals surface area contributed by atoms with E-state index in [9.17, 15) is 24.0 Å². The first-order chi connectivity index (χ1) is 13.7. The summed E-state index contributed by atoms with van der Waals surface area (Å²) in [5.74, 6) is -1.51. The van der Waals surface area contributed by atoms with Gasteiger partial charge in [-0.3, -0.25) is 28.9 Å². The van der Waals surface area contributed by atoms with Crippen LogP contribution >= 0.6 is 0 Å². The molecule has 0 aromatic carbocycles. The Bertz CT molecular complexity index is 620. The smallest absolute Gasteiger partial charge is 0.243 e. The highest BCUT2D eigenvalue weighted by molar-refractivity contribution is 6.03. The fraction of sp³-hybridized carbons (Fsp3) is 0.750. The second-order valence-electron chi connectivity index (χ2n) is 7.76. The number of nitrogens with zero attached hydrogens (tertiary/aromatic N) is 1. The highest BCUT2D eigenvalue weighted by Gasteiger charge is 2.34. The summed E-state index contributed by atoms with van der Waals surface area (Å²) in [4.78, 5) is 60.8. The zero-order valence-corrected chi connectivity index (χ0v) is 17.9. The van der Waals surface area contributed by atoms with Crippen LogP contribution in [0.3, 0.4) is 0 Å². The standard InChI is InChI=1S/C20H34N4O5/c1-5-21-16(26)12-22-19(28)18(13(2)3)23-15(25)9-7-6-8-10-24-17(27)11-14(4)20(24)29/h13-14,18H,5-12H2,1-4H3,(H,21,26)(H,22,28)(H,23,25)/t14?,18-/m0/s1. The first-order valence-electron chi connectivity index (χ1n) is 10.3. The van der Waals surface area contributed by atoms with Crippen molar-refractivity contribution in [3.05, 3.63) is 0 Å². The van der Waals surface area contributed by atoms with Crippen LogP contribution in [0.25, 0.3) is 0 Å². The second kappa shape index (κ2) is 12.2. The number of carbonyl (C=O) groups is 5. The van der Waals surface area contributed by atoms with Gasteiger partial charge in [-0.2, -0.15) is 0 Å². The number of nitrogens with one attached hydrogen (secondary N) is 3. The number of imide groups is 1. The number of carbonyl (C=O) groups excluding carboxylic acids is 5. The first-order valence-corrected chi connectivity index (χ1v) is 10.3. The first kappa shape index (κ1) is 24.6. The van der Waals surface area contributed by atoms with Gasteiger partial charge < -0.3 is 16.0 Å². The van der Waals surface area contributed by atoms with Crippen LogP contribution < -0.4 is 16.0 Å². The molecule has 9 heteroatoms. The molecule has 1 aliphatic rings. The van der Waals surface area contributed by atoms with Crippen LogP contribution in [-0.2, 0) is 24.0 Å². The molecule has 1 unspecified atom stereocenters. The Balaban J connectivity index is 2.31. The second-order valence-corrected chi connectivity index (χ2v) is 7.76. The molecule has 5 amide bonds. The molecule has 3 N–H and O–H groups in total. The number of likely N-dealkylation sites (tertiary alicyclic amines) is 1. The van der Waals surface area contributed by atoms with Crippen molar-refractivity contribution in [3.63, 3.8) is 0 Å². The molecule has 29 heavy (non-hydrogen) atoms. The van der Waals surface area contributed by atoms with E-state index in [4.69, 9.17) is 0 Å². The monoisotopic (exact) mass is 410 g/mol. The number of hydrogen-bond acceptors (Lipinski definition) is 5. The fourth-order valence-corrected chi connectivity index (χ4v) is 3.13. The molecule has 1 rings (SSSR count). The lowest BCUT2D eigenvalue weighted by atomic mass is 10.0. The van der Waals surface area contributed by atoms with Crippen molar-refractivity contribution < 1.29 is 24.0 Å². The lowest BCUT2D eigenvalue weighted by molar-refractivity contribution is -0.139. The quantitative estimate of drug-likeness (QED) is 0.316. The van der Waals surface area contributed by atoms with Gasteiger partial charge in [-0.1, -0.05) is 27.2 Å². The number of likely N-dealkylation sites (N-methyl/N-ethyl adjacent to an activating group) is 1. The van der Waals surface area contributed by atoms with Gasteiger partial charge in [0.2, 0.25) is 29.5 Å². The fourth-order valence-electron chi connectivity index (χ4n) is 3.13. The van der Waals surface area contributed by atoms with Crippen molar-refractivity contribution in [2.45, 2.75) is 65.8 Å². The van der Waals surface area contributed by atoms with Crippen LogP contribution in [0, 0.1) is 11.8 Å². The SMILES string of the molecule is CCNC(=O)CNC(=O)[C@@H](NC(=O)CCCCCN1C(=O)CC(C)C1=O)C(C)C. The summed E-state index contributed by atoms with van der Waals surface area (Å²) >= 11 is 0. The summed E-state index contributed by atoms with van der Waals surface area (Å²) in [5.41, 5.74) is 0. The molecule has 2 atom stereocenters. The van der Waals surface area contributed by atoms with E-state index < -0.39 is 6.04 Å². The van der Waals surface area contributed by atoms with E-state index in [0.717, 1.165) is 0 Å². The highest BCUT2D eigenvalue weighted by atomic mass is 16.2. The van der Waals surface area contributed by atoms with E-state index in [1.54, 1.807) is 13.8 Å². The molecule has 0 spiro atoms. The van der Waals surface area contributed by atoms with Gasteiger partial charge in [-0.05, 0) is 25.7 Å². The average molecular weight is 411 g/mol. The number of unbranched alkanes of at least 4 members (excludes halogenated alkanes) is 2. The van der Waals surface area contributed by atoms with Gasteiger partial charge in [0, 0.05) is 31.8 Å². The molecular weight excluding hydrogens is 376 g/mol. The molecule has 1 aliphatic heterocycles. The molecule has 0 radical (unpaired) electrons. The topological polar surface area (TPSA) is 125 Å². The normalized spacial score (nSPS) is 17.4. The molecule has 0 aromatic heterocycles. The Hall–Kier alpha value is -2.45. The summed E-state index contributed by atoms with van der Waals surface area (Å²) in [7, 11) is 0. The minimum atomic E-state index is -0.710. The summed E-state index contributed by atoms with van der Waals surface area (Å²) < 4.78 is 0. The molecule has 164 valence electrons. The third-order valence-electron chi connectivity index (χ3n) is 4.82. The van der Waals surface area contributed by atoms with Gasteiger partial charge in [0.25, 0.3) is 0 Å². The van der Waals surface area contributed by atoms with Crippen LogP contribution in [0.15, 0.2) is 0 Å². The number of hydrogen-bond donors (Lipinski definition) is 3. The molecular formula is C20H34N4O5. The van der Waals surface area contributed by atoms with Crippen molar-refractivity contribution in [1.82, 2.24) is 20.9 Å². The van der Waals surface area contributed by atoms with E-state index in [1.807, 2.05) is 13.8 Å². The molecule has 1 heterocycles. The molecule has 1 fully saturated rings. The minimum Gasteiger partial charge on any atom is -0.355 e. The van der Waals surface area contributed by atoms with Crippen LogP contribution in [-0.4, -0.2) is 60.1 Å². The van der Waals surface area contributed by atoms with Crippen molar-refractivity contribution >= 4 is 29.5 Å². The van der Waals surface area contributed by atoms with Crippen molar-refractivity contribution in [1.29, 1.82) is 0 Å². The van der Waals surface area contributed by atoms with Gasteiger partial charge in [0.1, 0.15) is 6.04 Å². The van der Waals surface area contributed by atoms with Crippen LogP contribution in [0.5, 0.6) is 0 Å². The Kier molecular flexibility index (Phi) is 10.3. The molecule has 9 nitrogen and oxygen atoms in total. The maximum Gasteiger partial charge on any atom is 0.243 e. The van der Waals surface area contributed by atoms with Crippen LogP contribution in [0.2, 0.25) is 0 Å². The maximum absolute atomic E-state index is 12.3. The van der Waals surface area contributed by atoms with Crippen LogP contribution in [0.1, 0.15) is 59.8 Å². The van der Waals surface area contributed by atoms with E-state index >= 15 is 0 Å². The van der Waals surface area contributed by atoms with Gasteiger partial charge >= 0.3 is 0 Å².